The van der Waals surface area contributed by atoms with Crippen molar-refractivity contribution in [1.29, 1.82) is 0 Å². The van der Waals surface area contributed by atoms with Crippen LogP contribution in [0.1, 0.15) is 0 Å². The van der Waals surface area contributed by atoms with Crippen LogP contribution in [0.15, 0.2) is 93.3 Å². The van der Waals surface area contributed by atoms with Crippen molar-refractivity contribution in [3.8, 4) is 0 Å². The molecule has 0 aliphatic carbocycles. The normalized spacial score (nSPS) is 19.8. The number of pyridine rings is 1. The van der Waals surface area contributed by atoms with Crippen molar-refractivity contribution >= 4 is 56.9 Å². The molecule has 5 nitrogen and oxygen atoms in total. The van der Waals surface area contributed by atoms with E-state index in [1.54, 1.807) is 28.9 Å². The zero-order valence-corrected chi connectivity index (χ0v) is 17.9. The summed E-state index contributed by atoms with van der Waals surface area (Å²) in [5.41, 5.74) is 2.79. The Balaban J connectivity index is 1.59. The van der Waals surface area contributed by atoms with E-state index in [9.17, 15) is 4.79 Å². The summed E-state index contributed by atoms with van der Waals surface area (Å²) in [6, 6.07) is 17.9. The quantitative estimate of drug-likeness (QED) is 0.412. The molecule has 0 bridgehead atoms. The minimum Gasteiger partial charge on any atom is -0.337 e. The van der Waals surface area contributed by atoms with Crippen LogP contribution in [-0.2, 0) is 4.79 Å². The van der Waals surface area contributed by atoms with Gasteiger partial charge in [-0.25, -0.2) is 4.99 Å². The van der Waals surface area contributed by atoms with E-state index in [-0.39, 0.29) is 5.91 Å². The van der Waals surface area contributed by atoms with Crippen LogP contribution in [0.5, 0.6) is 0 Å². The number of amidine groups is 1. The van der Waals surface area contributed by atoms with E-state index in [1.807, 2.05) is 49.5 Å². The fourth-order valence-corrected chi connectivity index (χ4v) is 5.84. The third-order valence-electron chi connectivity index (χ3n) is 4.95. The molecule has 2 aromatic carbocycles. The van der Waals surface area contributed by atoms with Gasteiger partial charge in [0.2, 0.25) is 0 Å². The Morgan fingerprint density at radius 2 is 1.97 bits per heavy atom. The molecule has 2 aliphatic rings. The highest BCUT2D eigenvalue weighted by Gasteiger charge is 2.38. The summed E-state index contributed by atoms with van der Waals surface area (Å²) in [6.07, 6.45) is 3.50. The number of carbonyl (C=O) groups excluding carboxylic acids is 1. The third-order valence-corrected chi connectivity index (χ3v) is 7.38. The molecule has 3 heterocycles. The molecule has 30 heavy (non-hydrogen) atoms. The summed E-state index contributed by atoms with van der Waals surface area (Å²) < 4.78 is 0. The predicted molar refractivity (Wildman–Crippen MR) is 126 cm³/mol. The molecule has 5 rings (SSSR count). The van der Waals surface area contributed by atoms with E-state index in [2.05, 4.69) is 28.6 Å². The predicted octanol–water partition coefficient (Wildman–Crippen LogP) is 5.39. The smallest absolute Gasteiger partial charge is 0.269 e. The molecule has 0 radical (unpaired) electrons. The van der Waals surface area contributed by atoms with Crippen LogP contribution >= 0.6 is 23.5 Å². The average molecular weight is 431 g/mol. The molecular weight excluding hydrogens is 412 g/mol. The Kier molecular flexibility index (Phi) is 4.84. The molecule has 1 aromatic heterocycles. The number of hydrogen-bond acceptors (Lipinski definition) is 6. The van der Waals surface area contributed by atoms with Crippen LogP contribution in [0.2, 0.25) is 0 Å². The average Bonchev–Trinajstić information content (AvgIpc) is 3.26. The van der Waals surface area contributed by atoms with Crippen LogP contribution in [0.4, 0.5) is 11.4 Å². The summed E-state index contributed by atoms with van der Waals surface area (Å²) in [5, 5.41) is 2.55. The highest BCUT2D eigenvalue weighted by Crippen LogP contribution is 2.50. The molecule has 148 valence electrons. The van der Waals surface area contributed by atoms with E-state index in [0.717, 1.165) is 32.2 Å². The molecule has 1 saturated heterocycles. The van der Waals surface area contributed by atoms with Gasteiger partial charge in [-0.2, -0.15) is 0 Å². The fraction of sp³-hybridized carbons (Fsp3) is 0.0870. The lowest BCUT2D eigenvalue weighted by Gasteiger charge is -2.15. The summed E-state index contributed by atoms with van der Waals surface area (Å²) in [7, 11) is 2.00. The van der Waals surface area contributed by atoms with Crippen molar-refractivity contribution in [3.63, 3.8) is 0 Å². The maximum Gasteiger partial charge on any atom is 0.269 e. The fourth-order valence-electron chi connectivity index (χ4n) is 3.50. The number of nitrogens with zero attached hydrogens (tertiary/aromatic N) is 4. The van der Waals surface area contributed by atoms with Gasteiger partial charge in [-0.1, -0.05) is 36.0 Å². The number of rotatable bonds is 3. The Morgan fingerprint density at radius 3 is 2.80 bits per heavy atom. The van der Waals surface area contributed by atoms with Gasteiger partial charge in [0, 0.05) is 30.1 Å². The zero-order valence-electron chi connectivity index (χ0n) is 16.3. The van der Waals surface area contributed by atoms with Gasteiger partial charge >= 0.3 is 0 Å². The molecule has 2 aliphatic heterocycles. The lowest BCUT2D eigenvalue weighted by molar-refractivity contribution is -0.121. The minimum absolute atomic E-state index is 0.0424. The Bertz CT molecular complexity index is 1250. The van der Waals surface area contributed by atoms with Gasteiger partial charge in [-0.3, -0.25) is 14.7 Å². The highest BCUT2D eigenvalue weighted by atomic mass is 32.2. The first-order valence-corrected chi connectivity index (χ1v) is 11.1. The number of thioether (sulfide) groups is 2. The van der Waals surface area contributed by atoms with E-state index >= 15 is 0 Å². The van der Waals surface area contributed by atoms with Gasteiger partial charge in [0.05, 0.1) is 21.9 Å². The second kappa shape index (κ2) is 7.66. The van der Waals surface area contributed by atoms with Crippen molar-refractivity contribution in [2.45, 2.75) is 4.90 Å². The first-order chi connectivity index (χ1) is 14.7. The van der Waals surface area contributed by atoms with Crippen LogP contribution in [0, 0.1) is 0 Å². The first kappa shape index (κ1) is 19.0. The van der Waals surface area contributed by atoms with Gasteiger partial charge in [-0.05, 0) is 48.2 Å². The van der Waals surface area contributed by atoms with Crippen LogP contribution < -0.4 is 4.90 Å². The maximum atomic E-state index is 13.3. The Hall–Kier alpha value is -3.03. The second-order valence-electron chi connectivity index (χ2n) is 6.81. The van der Waals surface area contributed by atoms with Gasteiger partial charge in [0.1, 0.15) is 4.91 Å². The molecular formula is C23H18N4OS2. The number of hydrogen-bond donors (Lipinski definition) is 0. The SMILES string of the molecule is C=CCN1C(=O)/C(=C2/Sc3ccccc3N2C)S/C1=N\c1cccc2ncccc12. The van der Waals surface area contributed by atoms with E-state index in [0.29, 0.717) is 16.6 Å². The number of aromatic nitrogens is 1. The lowest BCUT2D eigenvalue weighted by atomic mass is 10.2. The molecule has 0 N–H and O–H groups in total. The number of amides is 1. The van der Waals surface area contributed by atoms with Crippen molar-refractivity contribution in [2.24, 2.45) is 4.99 Å². The minimum atomic E-state index is -0.0424. The number of para-hydroxylation sites is 1. The third kappa shape index (κ3) is 3.11. The summed E-state index contributed by atoms with van der Waals surface area (Å²) >= 11 is 3.04. The zero-order chi connectivity index (χ0) is 20.7. The molecule has 1 amide bonds. The number of carbonyl (C=O) groups is 1. The summed E-state index contributed by atoms with van der Waals surface area (Å²) in [4.78, 5) is 28.2. The summed E-state index contributed by atoms with van der Waals surface area (Å²) in [5.74, 6) is -0.0424. The molecule has 0 unspecified atom stereocenters. The van der Waals surface area contributed by atoms with E-state index < -0.39 is 0 Å². The van der Waals surface area contributed by atoms with E-state index in [1.165, 1.54) is 11.8 Å². The van der Waals surface area contributed by atoms with E-state index in [4.69, 9.17) is 4.99 Å². The standard InChI is InChI=1S/C23H18N4OS2/c1-3-14-27-21(28)20(22-26(2)18-11-4-5-12-19(18)29-22)30-23(27)25-17-10-6-9-16-15(17)8-7-13-24-16/h3-13H,1,14H2,2H3/b22-20-,25-23-. The summed E-state index contributed by atoms with van der Waals surface area (Å²) in [6.45, 7) is 4.23. The van der Waals surface area contributed by atoms with Crippen molar-refractivity contribution in [1.82, 2.24) is 9.88 Å². The van der Waals surface area contributed by atoms with Crippen molar-refractivity contribution < 1.29 is 4.79 Å². The van der Waals surface area contributed by atoms with Crippen LogP contribution in [-0.4, -0.2) is 34.6 Å². The van der Waals surface area contributed by atoms with Crippen LogP contribution in [0.25, 0.3) is 10.9 Å². The molecule has 1 fully saturated rings. The topological polar surface area (TPSA) is 48.8 Å². The lowest BCUT2D eigenvalue weighted by Crippen LogP contribution is -2.29. The van der Waals surface area contributed by atoms with Crippen LogP contribution in [0.3, 0.4) is 0 Å². The maximum absolute atomic E-state index is 13.3. The molecule has 7 heteroatoms. The van der Waals surface area contributed by atoms with Crippen molar-refractivity contribution in [2.75, 3.05) is 18.5 Å². The van der Waals surface area contributed by atoms with Crippen molar-refractivity contribution in [3.05, 3.63) is 83.4 Å². The highest BCUT2D eigenvalue weighted by molar-refractivity contribution is 8.19. The van der Waals surface area contributed by atoms with Gasteiger partial charge in [0.15, 0.2) is 5.17 Å². The molecule has 3 aromatic rings. The van der Waals surface area contributed by atoms with Gasteiger partial charge in [0.25, 0.3) is 5.91 Å². The Morgan fingerprint density at radius 1 is 1.10 bits per heavy atom. The first-order valence-electron chi connectivity index (χ1n) is 9.45. The van der Waals surface area contributed by atoms with Gasteiger partial charge < -0.3 is 4.90 Å². The number of anilines is 1. The molecule has 0 saturated carbocycles. The molecule has 0 spiro atoms. The monoisotopic (exact) mass is 430 g/mol. The second-order valence-corrected chi connectivity index (χ2v) is 8.82. The molecule has 0 atom stereocenters. The number of benzene rings is 2. The Labute approximate surface area is 183 Å². The number of fused-ring (bicyclic) bond motifs is 2. The largest absolute Gasteiger partial charge is 0.337 e. The number of aliphatic imine (C=N–C) groups is 1. The van der Waals surface area contributed by atoms with Gasteiger partial charge in [-0.15, -0.1) is 6.58 Å².